The van der Waals surface area contributed by atoms with Crippen LogP contribution in [0.2, 0.25) is 0 Å². The zero-order valence-corrected chi connectivity index (χ0v) is 15.6. The molecule has 1 fully saturated rings. The summed E-state index contributed by atoms with van der Waals surface area (Å²) in [5.41, 5.74) is 5.48. The van der Waals surface area contributed by atoms with Crippen LogP contribution < -0.4 is 11.1 Å². The molecule has 1 rings (SSSR count). The molecule has 2 unspecified atom stereocenters. The van der Waals surface area contributed by atoms with E-state index in [0.29, 0.717) is 19.1 Å². The molecule has 3 N–H and O–H groups in total. The Morgan fingerprint density at radius 3 is 2.74 bits per heavy atom. The molecule has 6 heteroatoms. The summed E-state index contributed by atoms with van der Waals surface area (Å²) in [6, 6.07) is 0.919. The molecule has 23 heavy (non-hydrogen) atoms. The topological polar surface area (TPSA) is 70.8 Å². The number of nitrogens with two attached hydrogens (primary N) is 1. The van der Waals surface area contributed by atoms with E-state index in [2.05, 4.69) is 29.1 Å². The summed E-state index contributed by atoms with van der Waals surface area (Å²) in [6.45, 7) is 12.4. The molecular weight excluding hydrogens is 292 g/mol. The number of nitrogens with one attached hydrogen (secondary N) is 1. The average Bonchev–Trinajstić information content (AvgIpc) is 2.88. The van der Waals surface area contributed by atoms with Gasteiger partial charge in [-0.2, -0.15) is 0 Å². The number of likely N-dealkylation sites (N-methyl/N-ethyl adjacent to an activating group) is 2. The smallest absolute Gasteiger partial charge is 0.407 e. The molecule has 0 bridgehead atoms. The third-order valence-corrected chi connectivity index (χ3v) is 4.45. The van der Waals surface area contributed by atoms with Crippen molar-refractivity contribution in [3.05, 3.63) is 0 Å². The Kier molecular flexibility index (Phi) is 8.29. The minimum Gasteiger partial charge on any atom is -0.444 e. The number of hydrogen-bond donors (Lipinski definition) is 2. The van der Waals surface area contributed by atoms with Crippen LogP contribution in [0.1, 0.15) is 47.0 Å². The second kappa shape index (κ2) is 9.45. The van der Waals surface area contributed by atoms with Crippen molar-refractivity contribution in [2.75, 3.05) is 39.8 Å². The van der Waals surface area contributed by atoms with E-state index >= 15 is 0 Å². The van der Waals surface area contributed by atoms with Crippen LogP contribution >= 0.6 is 0 Å². The number of alkyl carbamates (subject to hydrolysis) is 1. The number of likely N-dealkylation sites (tertiary alicyclic amines) is 1. The van der Waals surface area contributed by atoms with Gasteiger partial charge < -0.3 is 20.7 Å². The molecule has 6 nitrogen and oxygen atoms in total. The highest BCUT2D eigenvalue weighted by molar-refractivity contribution is 5.67. The molecule has 0 aromatic heterocycles. The van der Waals surface area contributed by atoms with E-state index in [4.69, 9.17) is 10.5 Å². The van der Waals surface area contributed by atoms with Gasteiger partial charge in [-0.05, 0) is 60.2 Å². The summed E-state index contributed by atoms with van der Waals surface area (Å²) in [6.07, 6.45) is 3.04. The Hall–Kier alpha value is -0.850. The largest absolute Gasteiger partial charge is 0.444 e. The second-order valence-electron chi connectivity index (χ2n) is 7.47. The van der Waals surface area contributed by atoms with Crippen LogP contribution in [0.3, 0.4) is 0 Å². The number of ether oxygens (including phenoxy) is 1. The van der Waals surface area contributed by atoms with Gasteiger partial charge in [-0.3, -0.25) is 4.90 Å². The van der Waals surface area contributed by atoms with Crippen molar-refractivity contribution < 1.29 is 9.53 Å². The molecule has 0 aromatic carbocycles. The van der Waals surface area contributed by atoms with E-state index < -0.39 is 5.60 Å². The highest BCUT2D eigenvalue weighted by atomic mass is 16.6. The minimum atomic E-state index is -0.458. The SMILES string of the molecule is CCN1CCCC1CN(C)C(CN)CCNC(=O)OC(C)(C)C. The zero-order valence-electron chi connectivity index (χ0n) is 15.6. The predicted molar refractivity (Wildman–Crippen MR) is 94.6 cm³/mol. The van der Waals surface area contributed by atoms with E-state index in [9.17, 15) is 4.79 Å². The molecule has 1 aliphatic rings. The first-order valence-corrected chi connectivity index (χ1v) is 8.88. The van der Waals surface area contributed by atoms with Gasteiger partial charge in [0.05, 0.1) is 0 Å². The highest BCUT2D eigenvalue weighted by Crippen LogP contribution is 2.18. The quantitative estimate of drug-likeness (QED) is 0.709. The van der Waals surface area contributed by atoms with E-state index in [1.54, 1.807) is 0 Å². The van der Waals surface area contributed by atoms with Crippen molar-refractivity contribution in [1.82, 2.24) is 15.1 Å². The molecule has 1 saturated heterocycles. The van der Waals surface area contributed by atoms with Gasteiger partial charge in [0.15, 0.2) is 0 Å². The molecule has 136 valence electrons. The monoisotopic (exact) mass is 328 g/mol. The lowest BCUT2D eigenvalue weighted by Gasteiger charge is -2.32. The lowest BCUT2D eigenvalue weighted by atomic mass is 10.1. The number of rotatable bonds is 8. The van der Waals surface area contributed by atoms with Crippen LogP contribution in [-0.4, -0.2) is 73.3 Å². The fraction of sp³-hybridized carbons (Fsp3) is 0.941. The molecular formula is C17H36N4O2. The van der Waals surface area contributed by atoms with Gasteiger partial charge in [0.25, 0.3) is 0 Å². The number of carbonyl (C=O) groups is 1. The van der Waals surface area contributed by atoms with Crippen LogP contribution in [0, 0.1) is 0 Å². The van der Waals surface area contributed by atoms with Crippen molar-refractivity contribution in [3.63, 3.8) is 0 Å². The summed E-state index contributed by atoms with van der Waals surface area (Å²) < 4.78 is 5.25. The third kappa shape index (κ3) is 7.50. The normalized spacial score (nSPS) is 20.7. The van der Waals surface area contributed by atoms with Crippen LogP contribution in [0.4, 0.5) is 4.79 Å². The average molecular weight is 329 g/mol. The molecule has 1 aliphatic heterocycles. The predicted octanol–water partition coefficient (Wildman–Crippen LogP) is 1.64. The molecule has 0 aromatic rings. The van der Waals surface area contributed by atoms with Crippen molar-refractivity contribution in [1.29, 1.82) is 0 Å². The zero-order chi connectivity index (χ0) is 17.5. The van der Waals surface area contributed by atoms with E-state index in [-0.39, 0.29) is 12.1 Å². The maximum absolute atomic E-state index is 11.7. The van der Waals surface area contributed by atoms with Crippen molar-refractivity contribution in [2.45, 2.75) is 64.6 Å². The molecule has 0 saturated carbocycles. The number of nitrogens with zero attached hydrogens (tertiary/aromatic N) is 2. The van der Waals surface area contributed by atoms with E-state index in [0.717, 1.165) is 19.5 Å². The fourth-order valence-electron chi connectivity index (χ4n) is 3.17. The minimum absolute atomic E-state index is 0.282. The molecule has 1 amide bonds. The van der Waals surface area contributed by atoms with Crippen LogP contribution in [0.5, 0.6) is 0 Å². The fourth-order valence-corrected chi connectivity index (χ4v) is 3.17. The number of amides is 1. The Labute approximate surface area is 141 Å². The van der Waals surface area contributed by atoms with Crippen molar-refractivity contribution in [2.24, 2.45) is 5.73 Å². The molecule has 2 atom stereocenters. The first kappa shape index (κ1) is 20.2. The summed E-state index contributed by atoms with van der Waals surface area (Å²) in [4.78, 5) is 16.6. The summed E-state index contributed by atoms with van der Waals surface area (Å²) in [5.74, 6) is 0. The Morgan fingerprint density at radius 1 is 1.48 bits per heavy atom. The van der Waals surface area contributed by atoms with Gasteiger partial charge in [0.2, 0.25) is 0 Å². The van der Waals surface area contributed by atoms with Gasteiger partial charge >= 0.3 is 6.09 Å². The molecule has 1 heterocycles. The highest BCUT2D eigenvalue weighted by Gasteiger charge is 2.26. The van der Waals surface area contributed by atoms with E-state index in [1.807, 2.05) is 20.8 Å². The molecule has 0 aliphatic carbocycles. The van der Waals surface area contributed by atoms with Gasteiger partial charge in [-0.1, -0.05) is 6.92 Å². The maximum atomic E-state index is 11.7. The third-order valence-electron chi connectivity index (χ3n) is 4.45. The standard InChI is InChI=1S/C17H36N4O2/c1-6-21-11-7-8-15(21)13-20(5)14(12-18)9-10-19-16(22)23-17(2,3)4/h14-15H,6-13,18H2,1-5H3,(H,19,22). The first-order chi connectivity index (χ1) is 10.8. The number of carbonyl (C=O) groups excluding carboxylic acids is 1. The van der Waals surface area contributed by atoms with Crippen LogP contribution in [0.25, 0.3) is 0 Å². The van der Waals surface area contributed by atoms with Gasteiger partial charge in [-0.15, -0.1) is 0 Å². The van der Waals surface area contributed by atoms with Crippen LogP contribution in [-0.2, 0) is 4.74 Å². The number of hydrogen-bond acceptors (Lipinski definition) is 5. The van der Waals surface area contributed by atoms with Crippen molar-refractivity contribution in [3.8, 4) is 0 Å². The Morgan fingerprint density at radius 2 is 2.17 bits per heavy atom. The van der Waals surface area contributed by atoms with Gasteiger partial charge in [-0.25, -0.2) is 4.79 Å². The van der Waals surface area contributed by atoms with Gasteiger partial charge in [0.1, 0.15) is 5.60 Å². The Balaban J connectivity index is 2.33. The van der Waals surface area contributed by atoms with E-state index in [1.165, 1.54) is 19.4 Å². The summed E-state index contributed by atoms with van der Waals surface area (Å²) in [7, 11) is 2.14. The Bertz CT molecular complexity index is 357. The summed E-state index contributed by atoms with van der Waals surface area (Å²) >= 11 is 0. The maximum Gasteiger partial charge on any atom is 0.407 e. The lowest BCUT2D eigenvalue weighted by Crippen LogP contribution is -2.46. The van der Waals surface area contributed by atoms with Crippen LogP contribution in [0.15, 0.2) is 0 Å². The molecule has 0 spiro atoms. The van der Waals surface area contributed by atoms with Gasteiger partial charge in [0, 0.05) is 31.7 Å². The molecule has 0 radical (unpaired) electrons. The first-order valence-electron chi connectivity index (χ1n) is 8.88. The summed E-state index contributed by atoms with van der Waals surface area (Å²) in [5, 5.41) is 2.82. The second-order valence-corrected chi connectivity index (χ2v) is 7.47. The lowest BCUT2D eigenvalue weighted by molar-refractivity contribution is 0.0522. The van der Waals surface area contributed by atoms with Crippen molar-refractivity contribution >= 4 is 6.09 Å².